The van der Waals surface area contributed by atoms with Crippen LogP contribution in [0.2, 0.25) is 0 Å². The molecule has 31 heavy (non-hydrogen) atoms. The zero-order valence-electron chi connectivity index (χ0n) is 17.6. The number of aliphatic hydroxyl groups is 1. The lowest BCUT2D eigenvalue weighted by Crippen LogP contribution is -2.46. The second kappa shape index (κ2) is 7.88. The summed E-state index contributed by atoms with van der Waals surface area (Å²) in [7, 11) is 0. The van der Waals surface area contributed by atoms with Crippen molar-refractivity contribution in [2.45, 2.75) is 38.4 Å². The van der Waals surface area contributed by atoms with Gasteiger partial charge in [0.15, 0.2) is 0 Å². The molecule has 6 nitrogen and oxygen atoms in total. The van der Waals surface area contributed by atoms with Gasteiger partial charge in [-0.25, -0.2) is 4.39 Å². The summed E-state index contributed by atoms with van der Waals surface area (Å²) < 4.78 is 15.5. The number of benzene rings is 1. The molecule has 0 spiro atoms. The van der Waals surface area contributed by atoms with Gasteiger partial charge < -0.3 is 15.0 Å². The second-order valence-electron chi connectivity index (χ2n) is 9.00. The Labute approximate surface area is 180 Å². The smallest absolute Gasteiger partial charge is 0.258 e. The van der Waals surface area contributed by atoms with Gasteiger partial charge in [0, 0.05) is 42.9 Å². The zero-order valence-corrected chi connectivity index (χ0v) is 17.6. The number of likely N-dealkylation sites (N-methyl/N-ethyl adjacent to an activating group) is 1. The average molecular weight is 426 g/mol. The van der Waals surface area contributed by atoms with E-state index in [4.69, 9.17) is 0 Å². The summed E-state index contributed by atoms with van der Waals surface area (Å²) in [4.78, 5) is 28.8. The summed E-state index contributed by atoms with van der Waals surface area (Å²) in [5.41, 5.74) is 1.61. The molecule has 2 fully saturated rings. The molecule has 2 N–H and O–H groups in total. The Morgan fingerprint density at radius 3 is 2.74 bits per heavy atom. The van der Waals surface area contributed by atoms with Crippen molar-refractivity contribution in [3.05, 3.63) is 58.3 Å². The largest absolute Gasteiger partial charge is 0.396 e. The molecule has 2 aromatic rings. The molecule has 7 heteroatoms. The molecule has 0 radical (unpaired) electrons. The number of aliphatic hydroxyl groups excluding tert-OH is 1. The number of hydrogen-bond acceptors (Lipinski definition) is 4. The molecule has 164 valence electrons. The van der Waals surface area contributed by atoms with E-state index in [0.717, 1.165) is 25.1 Å². The molecule has 1 saturated heterocycles. The maximum absolute atomic E-state index is 13.7. The molecule has 1 aromatic heterocycles. The maximum atomic E-state index is 13.7. The third-order valence-electron chi connectivity index (χ3n) is 7.24. The van der Waals surface area contributed by atoms with Crippen LogP contribution in [-0.2, 0) is 11.3 Å². The predicted octanol–water partition coefficient (Wildman–Crippen LogP) is 2.16. The fraction of sp³-hybridized carbons (Fsp3) is 0.500. The van der Waals surface area contributed by atoms with Gasteiger partial charge in [0.05, 0.1) is 12.0 Å². The Balaban J connectivity index is 1.56. The van der Waals surface area contributed by atoms with Crippen LogP contribution in [0.5, 0.6) is 0 Å². The number of halogens is 1. The van der Waals surface area contributed by atoms with Gasteiger partial charge in [-0.15, -0.1) is 0 Å². The first kappa shape index (κ1) is 20.4. The quantitative estimate of drug-likeness (QED) is 0.744. The van der Waals surface area contributed by atoms with Crippen LogP contribution >= 0.6 is 0 Å². The van der Waals surface area contributed by atoms with E-state index in [1.54, 1.807) is 22.8 Å². The van der Waals surface area contributed by atoms with Crippen LogP contribution < -0.4 is 10.9 Å². The summed E-state index contributed by atoms with van der Waals surface area (Å²) in [6.07, 6.45) is 2.31. The summed E-state index contributed by atoms with van der Waals surface area (Å²) in [6, 6.07) is 9.33. The predicted molar refractivity (Wildman–Crippen MR) is 115 cm³/mol. The van der Waals surface area contributed by atoms with Crippen molar-refractivity contribution in [2.24, 2.45) is 17.8 Å². The Morgan fingerprint density at radius 2 is 2.06 bits per heavy atom. The molecule has 1 aromatic carbocycles. The SMILES string of the molecule is CCN1[C@@H]2Cn3c(ccc(-c4cccc(F)c4)c3=O)[C@H]1[C@@H](C(=O)NCC1CC1)[C@@H]2CO. The number of rotatable bonds is 6. The van der Waals surface area contributed by atoms with Gasteiger partial charge in [0.1, 0.15) is 5.82 Å². The molecule has 4 atom stereocenters. The van der Waals surface area contributed by atoms with Gasteiger partial charge in [0.2, 0.25) is 5.91 Å². The van der Waals surface area contributed by atoms with Gasteiger partial charge in [0.25, 0.3) is 5.56 Å². The van der Waals surface area contributed by atoms with Crippen molar-refractivity contribution >= 4 is 5.91 Å². The van der Waals surface area contributed by atoms with Crippen molar-refractivity contribution in [1.82, 2.24) is 14.8 Å². The van der Waals surface area contributed by atoms with E-state index in [1.807, 2.05) is 13.0 Å². The van der Waals surface area contributed by atoms with Crippen LogP contribution in [0, 0.1) is 23.6 Å². The molecule has 1 saturated carbocycles. The van der Waals surface area contributed by atoms with E-state index in [9.17, 15) is 19.1 Å². The number of aromatic nitrogens is 1. The topological polar surface area (TPSA) is 74.6 Å². The average Bonchev–Trinajstić information content (AvgIpc) is 3.56. The van der Waals surface area contributed by atoms with Gasteiger partial charge in [-0.2, -0.15) is 0 Å². The number of nitrogens with zero attached hydrogens (tertiary/aromatic N) is 2. The highest BCUT2D eigenvalue weighted by atomic mass is 19.1. The lowest BCUT2D eigenvalue weighted by molar-refractivity contribution is -0.127. The fourth-order valence-electron chi connectivity index (χ4n) is 5.52. The van der Waals surface area contributed by atoms with E-state index in [1.165, 1.54) is 12.1 Å². The van der Waals surface area contributed by atoms with E-state index < -0.39 is 5.92 Å². The van der Waals surface area contributed by atoms with Crippen LogP contribution in [-0.4, -0.2) is 46.2 Å². The highest BCUT2D eigenvalue weighted by molar-refractivity contribution is 5.81. The van der Waals surface area contributed by atoms with E-state index in [0.29, 0.717) is 30.1 Å². The first-order valence-electron chi connectivity index (χ1n) is 11.2. The van der Waals surface area contributed by atoms with Crippen LogP contribution in [0.15, 0.2) is 41.2 Å². The second-order valence-corrected chi connectivity index (χ2v) is 9.00. The van der Waals surface area contributed by atoms with E-state index in [2.05, 4.69) is 10.2 Å². The van der Waals surface area contributed by atoms with Gasteiger partial charge in [-0.1, -0.05) is 19.1 Å². The van der Waals surface area contributed by atoms with Crippen molar-refractivity contribution in [3.63, 3.8) is 0 Å². The normalized spacial score (nSPS) is 27.2. The highest BCUT2D eigenvalue weighted by Gasteiger charge is 2.55. The molecule has 3 aliphatic rings. The Bertz CT molecular complexity index is 1060. The standard InChI is InChI=1S/C24H28FN3O3/c1-2-27-20-12-28-19(9-8-17(24(28)31)15-4-3-5-16(25)10-15)22(27)21(18(20)13-29)23(30)26-11-14-6-7-14/h3-5,8-10,14,18,20-22,29H,2,6-7,11-13H2,1H3,(H,26,30)/t18-,20-,21+,22+/m1/s1. The molecular weight excluding hydrogens is 397 g/mol. The zero-order chi connectivity index (χ0) is 21.7. The monoisotopic (exact) mass is 425 g/mol. The number of pyridine rings is 1. The number of amides is 1. The number of fused-ring (bicyclic) bond motifs is 4. The van der Waals surface area contributed by atoms with Crippen molar-refractivity contribution in [1.29, 1.82) is 0 Å². The van der Waals surface area contributed by atoms with Crippen LogP contribution in [0.4, 0.5) is 4.39 Å². The number of hydrogen-bond donors (Lipinski definition) is 2. The number of nitrogens with one attached hydrogen (secondary N) is 1. The summed E-state index contributed by atoms with van der Waals surface area (Å²) >= 11 is 0. The maximum Gasteiger partial charge on any atom is 0.258 e. The van der Waals surface area contributed by atoms with Crippen LogP contribution in [0.3, 0.4) is 0 Å². The fourth-order valence-corrected chi connectivity index (χ4v) is 5.52. The van der Waals surface area contributed by atoms with E-state index >= 15 is 0 Å². The highest BCUT2D eigenvalue weighted by Crippen LogP contribution is 2.48. The Morgan fingerprint density at radius 1 is 1.26 bits per heavy atom. The molecule has 2 aliphatic heterocycles. The third-order valence-corrected chi connectivity index (χ3v) is 7.24. The van der Waals surface area contributed by atoms with Gasteiger partial charge >= 0.3 is 0 Å². The lowest BCUT2D eigenvalue weighted by Gasteiger charge is -2.37. The number of carbonyl (C=O) groups is 1. The van der Waals surface area contributed by atoms with E-state index in [-0.39, 0.29) is 41.9 Å². The molecule has 3 heterocycles. The minimum Gasteiger partial charge on any atom is -0.396 e. The Kier molecular flexibility index (Phi) is 5.18. The van der Waals surface area contributed by atoms with Gasteiger partial charge in [-0.05, 0) is 55.1 Å². The summed E-state index contributed by atoms with van der Waals surface area (Å²) in [6.45, 7) is 3.78. The first-order chi connectivity index (χ1) is 15.0. The molecule has 1 amide bonds. The molecule has 1 aliphatic carbocycles. The van der Waals surface area contributed by atoms with Crippen molar-refractivity contribution in [2.75, 3.05) is 19.7 Å². The van der Waals surface area contributed by atoms with Crippen LogP contribution in [0.1, 0.15) is 31.5 Å². The molecule has 0 unspecified atom stereocenters. The minimum atomic E-state index is -0.401. The first-order valence-corrected chi connectivity index (χ1v) is 11.2. The van der Waals surface area contributed by atoms with Crippen LogP contribution in [0.25, 0.3) is 11.1 Å². The van der Waals surface area contributed by atoms with Crippen molar-refractivity contribution < 1.29 is 14.3 Å². The Hall–Kier alpha value is -2.51. The third kappa shape index (κ3) is 3.40. The minimum absolute atomic E-state index is 0.0352. The molecule has 5 rings (SSSR count). The van der Waals surface area contributed by atoms with Crippen molar-refractivity contribution in [3.8, 4) is 11.1 Å². The molecule has 2 bridgehead atoms. The molecular formula is C24H28FN3O3. The number of carbonyl (C=O) groups excluding carboxylic acids is 1. The van der Waals surface area contributed by atoms with Gasteiger partial charge in [-0.3, -0.25) is 14.5 Å². The summed E-state index contributed by atoms with van der Waals surface area (Å²) in [5, 5.41) is 13.3. The lowest BCUT2D eigenvalue weighted by atomic mass is 9.86. The summed E-state index contributed by atoms with van der Waals surface area (Å²) in [5.74, 6) is -0.483.